The summed E-state index contributed by atoms with van der Waals surface area (Å²) in [6.07, 6.45) is -0.591. The number of hydrogen-bond acceptors (Lipinski definition) is 7. The van der Waals surface area contributed by atoms with E-state index >= 15 is 0 Å². The standard InChI is InChI=1S/C18H17N3O7/c1-26-18(23)20-12-4-2-11(3-5-12)10-19-17(22)13-8-15-16(28-7-6-27-15)9-14(13)21(24)25/h2-5,8-9H,6-7,10H2,1H3,(H,19,22)(H,20,23). The van der Waals surface area contributed by atoms with Crippen LogP contribution in [0.15, 0.2) is 36.4 Å². The Hall–Kier alpha value is -3.82. The number of nitro groups is 1. The van der Waals surface area contributed by atoms with Crippen molar-refractivity contribution in [1.29, 1.82) is 0 Å². The number of rotatable bonds is 5. The van der Waals surface area contributed by atoms with Gasteiger partial charge < -0.3 is 19.5 Å². The number of carbonyl (C=O) groups is 2. The molecule has 0 fully saturated rings. The van der Waals surface area contributed by atoms with Crippen molar-refractivity contribution in [2.75, 3.05) is 25.6 Å². The van der Waals surface area contributed by atoms with Gasteiger partial charge in [-0.3, -0.25) is 20.2 Å². The van der Waals surface area contributed by atoms with Gasteiger partial charge in [-0.1, -0.05) is 12.1 Å². The number of hydrogen-bond donors (Lipinski definition) is 2. The smallest absolute Gasteiger partial charge is 0.411 e. The van der Waals surface area contributed by atoms with Crippen molar-refractivity contribution >= 4 is 23.4 Å². The van der Waals surface area contributed by atoms with Crippen molar-refractivity contribution in [3.8, 4) is 11.5 Å². The van der Waals surface area contributed by atoms with E-state index in [9.17, 15) is 19.7 Å². The molecule has 0 aromatic heterocycles. The second kappa shape index (κ2) is 8.25. The SMILES string of the molecule is COC(=O)Nc1ccc(CNC(=O)c2cc3c(cc2[N+](=O)[O-])OCCO3)cc1. The number of carbonyl (C=O) groups excluding carboxylic acids is 2. The van der Waals surface area contributed by atoms with Crippen LogP contribution in [0.25, 0.3) is 0 Å². The minimum atomic E-state index is -0.638. The lowest BCUT2D eigenvalue weighted by Gasteiger charge is -2.18. The lowest BCUT2D eigenvalue weighted by Crippen LogP contribution is -2.24. The molecule has 2 N–H and O–H groups in total. The maximum atomic E-state index is 12.5. The number of nitrogens with zero attached hydrogens (tertiary/aromatic N) is 1. The summed E-state index contributed by atoms with van der Waals surface area (Å²) in [4.78, 5) is 34.3. The highest BCUT2D eigenvalue weighted by Crippen LogP contribution is 2.36. The molecule has 0 radical (unpaired) electrons. The number of nitro benzene ring substituents is 1. The van der Waals surface area contributed by atoms with Crippen LogP contribution in [0.5, 0.6) is 11.5 Å². The summed E-state index contributed by atoms with van der Waals surface area (Å²) in [5, 5.41) is 16.5. The van der Waals surface area contributed by atoms with Crippen molar-refractivity contribution in [3.63, 3.8) is 0 Å². The van der Waals surface area contributed by atoms with Crippen LogP contribution in [0.1, 0.15) is 15.9 Å². The summed E-state index contributed by atoms with van der Waals surface area (Å²) in [5.74, 6) is -0.0798. The second-order valence-electron chi connectivity index (χ2n) is 5.77. The summed E-state index contributed by atoms with van der Waals surface area (Å²) in [5.41, 5.74) is 0.797. The fourth-order valence-electron chi connectivity index (χ4n) is 2.56. The average molecular weight is 387 g/mol. The highest BCUT2D eigenvalue weighted by molar-refractivity contribution is 5.99. The van der Waals surface area contributed by atoms with Crippen LogP contribution in [0.3, 0.4) is 0 Å². The maximum Gasteiger partial charge on any atom is 0.411 e. The third-order valence-electron chi connectivity index (χ3n) is 3.94. The predicted molar refractivity (Wildman–Crippen MR) is 97.7 cm³/mol. The Bertz CT molecular complexity index is 912. The molecule has 0 saturated carbocycles. The number of anilines is 1. The fourth-order valence-corrected chi connectivity index (χ4v) is 2.56. The monoisotopic (exact) mass is 387 g/mol. The molecule has 0 atom stereocenters. The molecule has 28 heavy (non-hydrogen) atoms. The van der Waals surface area contributed by atoms with Gasteiger partial charge in [0.25, 0.3) is 11.6 Å². The first-order valence-corrected chi connectivity index (χ1v) is 8.28. The quantitative estimate of drug-likeness (QED) is 0.595. The largest absolute Gasteiger partial charge is 0.486 e. The van der Waals surface area contributed by atoms with Crippen LogP contribution in [0.4, 0.5) is 16.2 Å². The molecule has 1 heterocycles. The van der Waals surface area contributed by atoms with Crippen LogP contribution in [0.2, 0.25) is 0 Å². The highest BCUT2D eigenvalue weighted by atomic mass is 16.6. The molecule has 0 aliphatic carbocycles. The molecule has 146 valence electrons. The zero-order valence-corrected chi connectivity index (χ0v) is 14.9. The topological polar surface area (TPSA) is 129 Å². The number of benzene rings is 2. The molecular formula is C18H17N3O7. The zero-order valence-electron chi connectivity index (χ0n) is 14.9. The van der Waals surface area contributed by atoms with Gasteiger partial charge in [0.15, 0.2) is 11.5 Å². The Morgan fingerprint density at radius 3 is 2.39 bits per heavy atom. The van der Waals surface area contributed by atoms with Crippen LogP contribution in [-0.2, 0) is 11.3 Å². The van der Waals surface area contributed by atoms with Crippen LogP contribution in [0, 0.1) is 10.1 Å². The van der Waals surface area contributed by atoms with E-state index in [-0.39, 0.29) is 30.2 Å². The predicted octanol–water partition coefficient (Wildman–Crippen LogP) is 2.47. The number of ether oxygens (including phenoxy) is 3. The first kappa shape index (κ1) is 19.0. The molecule has 2 aromatic carbocycles. The van der Waals surface area contributed by atoms with Gasteiger partial charge in [-0.2, -0.15) is 0 Å². The Morgan fingerprint density at radius 1 is 1.14 bits per heavy atom. The van der Waals surface area contributed by atoms with E-state index in [4.69, 9.17) is 9.47 Å². The van der Waals surface area contributed by atoms with Crippen molar-refractivity contribution < 1.29 is 28.7 Å². The Labute approximate surface area is 159 Å². The second-order valence-corrected chi connectivity index (χ2v) is 5.77. The normalized spacial score (nSPS) is 12.0. The summed E-state index contributed by atoms with van der Waals surface area (Å²) in [7, 11) is 1.26. The molecule has 0 saturated heterocycles. The van der Waals surface area contributed by atoms with Crippen LogP contribution >= 0.6 is 0 Å². The van der Waals surface area contributed by atoms with E-state index in [1.165, 1.54) is 19.2 Å². The van der Waals surface area contributed by atoms with Gasteiger partial charge in [0.05, 0.1) is 18.1 Å². The molecule has 1 aliphatic rings. The highest BCUT2D eigenvalue weighted by Gasteiger charge is 2.26. The third-order valence-corrected chi connectivity index (χ3v) is 3.94. The summed E-state index contributed by atoms with van der Waals surface area (Å²) in [6, 6.07) is 9.19. The van der Waals surface area contributed by atoms with Crippen molar-refractivity contribution in [2.45, 2.75) is 6.54 Å². The van der Waals surface area contributed by atoms with Crippen molar-refractivity contribution in [2.24, 2.45) is 0 Å². The minimum absolute atomic E-state index is 0.113. The molecule has 3 rings (SSSR count). The van der Waals surface area contributed by atoms with E-state index in [0.29, 0.717) is 18.0 Å². The molecular weight excluding hydrogens is 370 g/mol. The number of methoxy groups -OCH3 is 1. The number of fused-ring (bicyclic) bond motifs is 1. The summed E-state index contributed by atoms with van der Waals surface area (Å²) >= 11 is 0. The van der Waals surface area contributed by atoms with Gasteiger partial charge in [-0.05, 0) is 17.7 Å². The first-order valence-electron chi connectivity index (χ1n) is 8.28. The molecule has 0 spiro atoms. The average Bonchev–Trinajstić information content (AvgIpc) is 2.71. The molecule has 0 unspecified atom stereocenters. The van der Waals surface area contributed by atoms with Crippen LogP contribution < -0.4 is 20.1 Å². The molecule has 2 aromatic rings. The maximum absolute atomic E-state index is 12.5. The Morgan fingerprint density at radius 2 is 1.79 bits per heavy atom. The van der Waals surface area contributed by atoms with E-state index in [2.05, 4.69) is 15.4 Å². The summed E-state index contributed by atoms with van der Waals surface area (Å²) in [6.45, 7) is 0.733. The van der Waals surface area contributed by atoms with E-state index in [0.717, 1.165) is 5.56 Å². The van der Waals surface area contributed by atoms with Gasteiger partial charge in [0, 0.05) is 18.3 Å². The van der Waals surface area contributed by atoms with Crippen LogP contribution in [-0.4, -0.2) is 37.2 Å². The van der Waals surface area contributed by atoms with E-state index < -0.39 is 16.9 Å². The zero-order chi connectivity index (χ0) is 20.1. The Kier molecular flexibility index (Phi) is 5.58. The molecule has 10 nitrogen and oxygen atoms in total. The minimum Gasteiger partial charge on any atom is -0.486 e. The van der Waals surface area contributed by atoms with Crippen molar-refractivity contribution in [1.82, 2.24) is 5.32 Å². The molecule has 0 bridgehead atoms. The summed E-state index contributed by atoms with van der Waals surface area (Å²) < 4.78 is 15.2. The third kappa shape index (κ3) is 4.29. The van der Waals surface area contributed by atoms with Gasteiger partial charge >= 0.3 is 6.09 Å². The van der Waals surface area contributed by atoms with Gasteiger partial charge in [-0.15, -0.1) is 0 Å². The van der Waals surface area contributed by atoms with Gasteiger partial charge in [-0.25, -0.2) is 4.79 Å². The Balaban J connectivity index is 1.71. The lowest BCUT2D eigenvalue weighted by atomic mass is 10.1. The first-order chi connectivity index (χ1) is 13.5. The van der Waals surface area contributed by atoms with E-state index in [1.807, 2.05) is 0 Å². The molecule has 10 heteroatoms. The molecule has 2 amide bonds. The van der Waals surface area contributed by atoms with Crippen molar-refractivity contribution in [3.05, 3.63) is 57.6 Å². The van der Waals surface area contributed by atoms with E-state index in [1.54, 1.807) is 24.3 Å². The lowest BCUT2D eigenvalue weighted by molar-refractivity contribution is -0.385. The van der Waals surface area contributed by atoms with Gasteiger partial charge in [0.1, 0.15) is 18.8 Å². The molecule has 1 aliphatic heterocycles. The number of amides is 2. The fraction of sp³-hybridized carbons (Fsp3) is 0.222. The van der Waals surface area contributed by atoms with Gasteiger partial charge in [0.2, 0.25) is 0 Å². The number of nitrogens with one attached hydrogen (secondary N) is 2.